The number of carbonyl (C=O) groups is 2. The number of fused-ring (bicyclic) bond motifs is 1. The number of hydrogen-bond acceptors (Lipinski definition) is 2. The zero-order valence-corrected chi connectivity index (χ0v) is 17.9. The summed E-state index contributed by atoms with van der Waals surface area (Å²) in [7, 11) is 0. The summed E-state index contributed by atoms with van der Waals surface area (Å²) in [5.74, 6) is -1.72. The second-order valence-corrected chi connectivity index (χ2v) is 8.70. The first-order valence-corrected chi connectivity index (χ1v) is 10.8. The van der Waals surface area contributed by atoms with Crippen molar-refractivity contribution in [1.29, 1.82) is 0 Å². The van der Waals surface area contributed by atoms with Crippen molar-refractivity contribution in [2.45, 2.75) is 38.3 Å². The summed E-state index contributed by atoms with van der Waals surface area (Å²) in [4.78, 5) is 24.2. The molecule has 156 valence electrons. The van der Waals surface area contributed by atoms with Crippen LogP contribution in [0.1, 0.15) is 41.6 Å². The van der Waals surface area contributed by atoms with Crippen LogP contribution < -0.4 is 5.32 Å². The van der Waals surface area contributed by atoms with E-state index in [1.807, 2.05) is 28.8 Å². The molecule has 5 nitrogen and oxygen atoms in total. The molecule has 0 aliphatic heterocycles. The molecule has 4 rings (SSSR count). The Morgan fingerprint density at radius 2 is 1.77 bits per heavy atom. The fourth-order valence-corrected chi connectivity index (χ4v) is 4.40. The van der Waals surface area contributed by atoms with Gasteiger partial charge in [-0.15, -0.1) is 0 Å². The van der Waals surface area contributed by atoms with E-state index in [4.69, 9.17) is 5.11 Å². The molecule has 0 spiro atoms. The Labute approximate surface area is 182 Å². The summed E-state index contributed by atoms with van der Waals surface area (Å²) in [5, 5.41) is 12.6. The van der Waals surface area contributed by atoms with E-state index in [9.17, 15) is 14.0 Å². The van der Waals surface area contributed by atoms with Gasteiger partial charge in [0.2, 0.25) is 0 Å². The quantitative estimate of drug-likeness (QED) is 0.550. The summed E-state index contributed by atoms with van der Waals surface area (Å²) in [6, 6.07) is 12.3. The van der Waals surface area contributed by atoms with E-state index in [0.717, 1.165) is 10.0 Å². The van der Waals surface area contributed by atoms with Gasteiger partial charge in [0.1, 0.15) is 5.82 Å². The molecule has 3 aromatic rings. The third-order valence-electron chi connectivity index (χ3n) is 5.79. The van der Waals surface area contributed by atoms with Crippen molar-refractivity contribution in [3.05, 3.63) is 70.1 Å². The van der Waals surface area contributed by atoms with Crippen molar-refractivity contribution in [3.63, 3.8) is 0 Å². The molecule has 0 saturated heterocycles. The maximum atomic E-state index is 14.4. The molecule has 0 atom stereocenters. The molecule has 1 aliphatic rings. The third-order valence-corrected chi connectivity index (χ3v) is 6.32. The van der Waals surface area contributed by atoms with Crippen molar-refractivity contribution in [1.82, 2.24) is 9.88 Å². The lowest BCUT2D eigenvalue weighted by Gasteiger charge is -2.27. The largest absolute Gasteiger partial charge is 0.481 e. The van der Waals surface area contributed by atoms with Gasteiger partial charge in [0.25, 0.3) is 5.91 Å². The van der Waals surface area contributed by atoms with Crippen LogP contribution in [0, 0.1) is 11.7 Å². The second kappa shape index (κ2) is 8.60. The number of carboxylic acid groups (broad SMARTS) is 1. The van der Waals surface area contributed by atoms with Gasteiger partial charge in [-0.3, -0.25) is 9.59 Å². The van der Waals surface area contributed by atoms with Crippen molar-refractivity contribution in [2.75, 3.05) is 0 Å². The van der Waals surface area contributed by atoms with Gasteiger partial charge in [0, 0.05) is 28.6 Å². The van der Waals surface area contributed by atoms with Crippen molar-refractivity contribution in [2.24, 2.45) is 5.92 Å². The van der Waals surface area contributed by atoms with E-state index in [1.54, 1.807) is 12.3 Å². The first-order chi connectivity index (χ1) is 14.4. The number of hydrogen-bond donors (Lipinski definition) is 2. The number of aliphatic carboxylic acids is 1. The lowest BCUT2D eigenvalue weighted by molar-refractivity contribution is -0.142. The fraction of sp³-hybridized carbons (Fsp3) is 0.304. The highest BCUT2D eigenvalue weighted by Gasteiger charge is 2.27. The molecule has 7 heteroatoms. The van der Waals surface area contributed by atoms with Crippen molar-refractivity contribution >= 4 is 38.7 Å². The number of rotatable bonds is 5. The van der Waals surface area contributed by atoms with Crippen molar-refractivity contribution in [3.8, 4) is 0 Å². The normalized spacial score (nSPS) is 19.0. The van der Waals surface area contributed by atoms with Crippen LogP contribution in [0.25, 0.3) is 10.9 Å². The summed E-state index contributed by atoms with van der Waals surface area (Å²) in [5.41, 5.74) is 2.03. The molecule has 1 aliphatic carbocycles. The Balaban J connectivity index is 1.58. The summed E-state index contributed by atoms with van der Waals surface area (Å²) in [6.07, 6.45) is 4.17. The van der Waals surface area contributed by atoms with E-state index >= 15 is 0 Å². The number of nitrogens with one attached hydrogen (secondary N) is 1. The number of aromatic nitrogens is 1. The highest BCUT2D eigenvalue weighted by atomic mass is 79.9. The molecule has 0 bridgehead atoms. The summed E-state index contributed by atoms with van der Waals surface area (Å²) < 4.78 is 17.3. The lowest BCUT2D eigenvalue weighted by Crippen LogP contribution is -2.38. The van der Waals surface area contributed by atoms with Crippen LogP contribution in [0.5, 0.6) is 0 Å². The van der Waals surface area contributed by atoms with Crippen molar-refractivity contribution < 1.29 is 19.1 Å². The molecule has 1 saturated carbocycles. The Hall–Kier alpha value is -2.67. The zero-order chi connectivity index (χ0) is 21.3. The first-order valence-electron chi connectivity index (χ1n) is 9.98. The van der Waals surface area contributed by atoms with Gasteiger partial charge in [-0.2, -0.15) is 0 Å². The second-order valence-electron chi connectivity index (χ2n) is 7.79. The Morgan fingerprint density at radius 1 is 1.07 bits per heavy atom. The number of benzene rings is 2. The Kier molecular flexibility index (Phi) is 5.90. The minimum atomic E-state index is -0.772. The van der Waals surface area contributed by atoms with Crippen LogP contribution in [0.4, 0.5) is 4.39 Å². The number of halogens is 2. The van der Waals surface area contributed by atoms with Gasteiger partial charge in [-0.1, -0.05) is 28.1 Å². The maximum Gasteiger partial charge on any atom is 0.306 e. The van der Waals surface area contributed by atoms with Gasteiger partial charge >= 0.3 is 5.97 Å². The number of nitrogens with zero attached hydrogens (tertiary/aromatic N) is 1. The molecule has 0 unspecified atom stereocenters. The average Bonchev–Trinajstić information content (AvgIpc) is 3.15. The van der Waals surface area contributed by atoms with Crippen LogP contribution in [0.2, 0.25) is 0 Å². The predicted octanol–water partition coefficient (Wildman–Crippen LogP) is 4.96. The Morgan fingerprint density at radius 3 is 2.43 bits per heavy atom. The van der Waals surface area contributed by atoms with E-state index in [2.05, 4.69) is 21.2 Å². The van der Waals surface area contributed by atoms with E-state index in [0.29, 0.717) is 48.7 Å². The van der Waals surface area contributed by atoms with Crippen LogP contribution in [-0.4, -0.2) is 27.6 Å². The van der Waals surface area contributed by atoms with E-state index < -0.39 is 5.97 Å². The van der Waals surface area contributed by atoms with E-state index in [-0.39, 0.29) is 23.7 Å². The SMILES string of the molecule is O=C(NC1CCC(C(=O)O)CC1)c1ccc(F)c2ccn(Cc3ccc(Br)cc3)c12. The van der Waals surface area contributed by atoms with Crippen LogP contribution in [0.15, 0.2) is 53.1 Å². The van der Waals surface area contributed by atoms with Gasteiger partial charge in [-0.05, 0) is 61.6 Å². The number of carboxylic acids is 1. The summed E-state index contributed by atoms with van der Waals surface area (Å²) in [6.45, 7) is 0.518. The Bertz CT molecular complexity index is 1090. The standard InChI is InChI=1S/C23H22BrFN2O3/c24-16-5-1-14(2-6-16)13-27-12-11-18-20(25)10-9-19(21(18)27)22(28)26-17-7-3-15(4-8-17)23(29)30/h1-2,5-6,9-12,15,17H,3-4,7-8,13H2,(H,26,28)(H,29,30). The van der Waals surface area contributed by atoms with Crippen LogP contribution in [0.3, 0.4) is 0 Å². The van der Waals surface area contributed by atoms with Crippen LogP contribution >= 0.6 is 15.9 Å². The molecular formula is C23H22BrFN2O3. The molecule has 1 aromatic heterocycles. The minimum absolute atomic E-state index is 0.0666. The molecule has 30 heavy (non-hydrogen) atoms. The highest BCUT2D eigenvalue weighted by molar-refractivity contribution is 9.10. The smallest absolute Gasteiger partial charge is 0.306 e. The third kappa shape index (κ3) is 4.26. The molecule has 0 radical (unpaired) electrons. The highest BCUT2D eigenvalue weighted by Crippen LogP contribution is 2.27. The summed E-state index contributed by atoms with van der Waals surface area (Å²) >= 11 is 3.42. The topological polar surface area (TPSA) is 71.3 Å². The van der Waals surface area contributed by atoms with Gasteiger partial charge in [-0.25, -0.2) is 4.39 Å². The molecule has 2 N–H and O–H groups in total. The molecule has 2 aromatic carbocycles. The lowest BCUT2D eigenvalue weighted by atomic mass is 9.86. The van der Waals surface area contributed by atoms with Gasteiger partial charge in [0.15, 0.2) is 0 Å². The fourth-order valence-electron chi connectivity index (χ4n) is 4.14. The monoisotopic (exact) mass is 472 g/mol. The molecule has 1 heterocycles. The average molecular weight is 473 g/mol. The first kappa shape index (κ1) is 20.6. The maximum absolute atomic E-state index is 14.4. The predicted molar refractivity (Wildman–Crippen MR) is 116 cm³/mol. The van der Waals surface area contributed by atoms with Crippen LogP contribution in [-0.2, 0) is 11.3 Å². The molecular weight excluding hydrogens is 451 g/mol. The number of carbonyl (C=O) groups excluding carboxylic acids is 1. The molecule has 1 amide bonds. The number of amides is 1. The minimum Gasteiger partial charge on any atom is -0.481 e. The molecule has 1 fully saturated rings. The van der Waals surface area contributed by atoms with Gasteiger partial charge < -0.3 is 15.0 Å². The zero-order valence-electron chi connectivity index (χ0n) is 16.3. The van der Waals surface area contributed by atoms with E-state index in [1.165, 1.54) is 12.1 Å². The van der Waals surface area contributed by atoms with Gasteiger partial charge in [0.05, 0.1) is 17.0 Å².